The molecule has 0 spiro atoms. The quantitative estimate of drug-likeness (QED) is 0.555. The Morgan fingerprint density at radius 1 is 1.30 bits per heavy atom. The number of aromatic nitrogens is 3. The van der Waals surface area contributed by atoms with Crippen molar-refractivity contribution in [1.29, 1.82) is 0 Å². The van der Waals surface area contributed by atoms with Crippen LogP contribution in [0.25, 0.3) is 10.7 Å². The van der Waals surface area contributed by atoms with Gasteiger partial charge in [0.2, 0.25) is 5.91 Å². The fourth-order valence-electron chi connectivity index (χ4n) is 2.64. The van der Waals surface area contributed by atoms with E-state index in [1.165, 1.54) is 11.3 Å². The number of aromatic amines is 1. The van der Waals surface area contributed by atoms with Crippen LogP contribution in [0.5, 0.6) is 0 Å². The molecule has 3 N–H and O–H groups in total. The van der Waals surface area contributed by atoms with Crippen LogP contribution in [0.2, 0.25) is 0 Å². The summed E-state index contributed by atoms with van der Waals surface area (Å²) >= 11 is 6.77. The highest BCUT2D eigenvalue weighted by Gasteiger charge is 2.23. The molecule has 138 valence electrons. The van der Waals surface area contributed by atoms with Gasteiger partial charge >= 0.3 is 0 Å². The van der Waals surface area contributed by atoms with Crippen LogP contribution in [0.1, 0.15) is 23.2 Å². The van der Waals surface area contributed by atoms with Gasteiger partial charge in [0, 0.05) is 17.3 Å². The van der Waals surface area contributed by atoms with Crippen molar-refractivity contribution in [2.24, 2.45) is 0 Å². The van der Waals surface area contributed by atoms with Crippen LogP contribution in [-0.4, -0.2) is 32.6 Å². The zero-order valence-corrected chi connectivity index (χ0v) is 15.9. The minimum atomic E-state index is -0.245. The summed E-state index contributed by atoms with van der Waals surface area (Å²) in [5.74, 6) is 0.262. The number of hydrogen-bond donors (Lipinski definition) is 3. The van der Waals surface area contributed by atoms with E-state index in [1.807, 2.05) is 17.5 Å². The third kappa shape index (κ3) is 4.15. The lowest BCUT2D eigenvalue weighted by Gasteiger charge is -2.09. The zero-order valence-electron chi connectivity index (χ0n) is 14.3. The second-order valence-corrected chi connectivity index (χ2v) is 7.63. The largest absolute Gasteiger partial charge is 0.349 e. The molecule has 1 aliphatic rings. The molecule has 0 unspecified atom stereocenters. The molecule has 1 fully saturated rings. The molecule has 9 heteroatoms. The molecule has 27 heavy (non-hydrogen) atoms. The average molecular weight is 400 g/mol. The molecule has 1 aliphatic carbocycles. The number of nitrogens with one attached hydrogen (secondary N) is 3. The third-order valence-corrected chi connectivity index (χ3v) is 5.30. The molecule has 2 heterocycles. The molecule has 0 radical (unpaired) electrons. The maximum atomic E-state index is 12.5. The number of benzene rings is 1. The summed E-state index contributed by atoms with van der Waals surface area (Å²) < 4.78 is 2.03. The number of thiophene rings is 1. The molecule has 1 aromatic carbocycles. The fraction of sp³-hybridized carbons (Fsp3) is 0.222. The Kier molecular flexibility index (Phi) is 4.87. The maximum Gasteiger partial charge on any atom is 0.251 e. The summed E-state index contributed by atoms with van der Waals surface area (Å²) in [4.78, 5) is 25.6. The van der Waals surface area contributed by atoms with Gasteiger partial charge in [-0.3, -0.25) is 19.3 Å². The van der Waals surface area contributed by atoms with Gasteiger partial charge in [-0.25, -0.2) is 0 Å². The number of H-pyrrole nitrogens is 1. The summed E-state index contributed by atoms with van der Waals surface area (Å²) in [5, 5.41) is 14.6. The van der Waals surface area contributed by atoms with E-state index in [9.17, 15) is 9.59 Å². The van der Waals surface area contributed by atoms with E-state index < -0.39 is 0 Å². The van der Waals surface area contributed by atoms with Gasteiger partial charge in [-0.2, -0.15) is 5.10 Å². The van der Waals surface area contributed by atoms with Gasteiger partial charge < -0.3 is 10.6 Å². The molecule has 2 aromatic heterocycles. The summed E-state index contributed by atoms with van der Waals surface area (Å²) in [6, 6.07) is 11.0. The molecule has 0 bridgehead atoms. The van der Waals surface area contributed by atoms with E-state index in [4.69, 9.17) is 12.2 Å². The molecule has 0 atom stereocenters. The smallest absolute Gasteiger partial charge is 0.251 e. The van der Waals surface area contributed by atoms with Crippen molar-refractivity contribution in [3.8, 4) is 10.7 Å². The predicted molar refractivity (Wildman–Crippen MR) is 106 cm³/mol. The minimum absolute atomic E-state index is 0.0288. The number of hydrogen-bond acceptors (Lipinski definition) is 5. The van der Waals surface area contributed by atoms with Crippen molar-refractivity contribution in [3.05, 3.63) is 52.1 Å². The second kappa shape index (κ2) is 7.45. The number of nitrogens with zero attached hydrogens (tertiary/aromatic N) is 2. The van der Waals surface area contributed by atoms with Crippen LogP contribution < -0.4 is 10.6 Å². The molecular weight excluding hydrogens is 382 g/mol. The van der Waals surface area contributed by atoms with Crippen LogP contribution in [0.4, 0.5) is 5.69 Å². The minimum Gasteiger partial charge on any atom is -0.349 e. The molecule has 4 rings (SSSR count). The molecule has 0 saturated heterocycles. The molecular formula is C18H17N5O2S2. The summed E-state index contributed by atoms with van der Waals surface area (Å²) in [6.07, 6.45) is 2.06. The van der Waals surface area contributed by atoms with Crippen molar-refractivity contribution in [1.82, 2.24) is 20.1 Å². The van der Waals surface area contributed by atoms with Gasteiger partial charge in [0.25, 0.3) is 5.91 Å². The van der Waals surface area contributed by atoms with E-state index in [2.05, 4.69) is 20.8 Å². The molecule has 7 nitrogen and oxygen atoms in total. The first-order valence-electron chi connectivity index (χ1n) is 8.50. The van der Waals surface area contributed by atoms with Gasteiger partial charge in [-0.15, -0.1) is 11.3 Å². The van der Waals surface area contributed by atoms with E-state index in [0.29, 0.717) is 21.8 Å². The molecule has 0 aliphatic heterocycles. The van der Waals surface area contributed by atoms with Crippen LogP contribution in [0.15, 0.2) is 41.8 Å². The first-order valence-corrected chi connectivity index (χ1v) is 9.79. The fourth-order valence-corrected chi connectivity index (χ4v) is 3.56. The SMILES string of the molecule is O=C(Cn1c(-c2cccs2)n[nH]c1=S)Nc1cccc(C(=O)NC2CC2)c1. The molecule has 1 saturated carbocycles. The monoisotopic (exact) mass is 399 g/mol. The first-order chi connectivity index (χ1) is 13.1. The number of carbonyl (C=O) groups is 2. The lowest BCUT2D eigenvalue weighted by Crippen LogP contribution is -2.25. The zero-order chi connectivity index (χ0) is 18.8. The Balaban J connectivity index is 1.47. The first kappa shape index (κ1) is 17.6. The Labute approximate surface area is 164 Å². The lowest BCUT2D eigenvalue weighted by molar-refractivity contribution is -0.116. The Bertz CT molecular complexity index is 1030. The van der Waals surface area contributed by atoms with Gasteiger partial charge in [-0.05, 0) is 54.7 Å². The van der Waals surface area contributed by atoms with E-state index >= 15 is 0 Å². The third-order valence-electron chi connectivity index (χ3n) is 4.12. The van der Waals surface area contributed by atoms with Crippen molar-refractivity contribution in [2.45, 2.75) is 25.4 Å². The van der Waals surface area contributed by atoms with Gasteiger partial charge in [-0.1, -0.05) is 12.1 Å². The van der Waals surface area contributed by atoms with Gasteiger partial charge in [0.15, 0.2) is 10.6 Å². The van der Waals surface area contributed by atoms with Crippen LogP contribution in [0.3, 0.4) is 0 Å². The normalized spacial score (nSPS) is 13.3. The number of rotatable bonds is 6. The summed E-state index contributed by atoms with van der Waals surface area (Å²) in [7, 11) is 0. The van der Waals surface area contributed by atoms with E-state index in [1.54, 1.807) is 28.8 Å². The van der Waals surface area contributed by atoms with Crippen molar-refractivity contribution in [2.75, 3.05) is 5.32 Å². The summed E-state index contributed by atoms with van der Waals surface area (Å²) in [6.45, 7) is 0.0288. The van der Waals surface area contributed by atoms with Crippen molar-refractivity contribution in [3.63, 3.8) is 0 Å². The van der Waals surface area contributed by atoms with Crippen LogP contribution >= 0.6 is 23.6 Å². The highest BCUT2D eigenvalue weighted by atomic mass is 32.1. The lowest BCUT2D eigenvalue weighted by atomic mass is 10.2. The maximum absolute atomic E-state index is 12.5. The van der Waals surface area contributed by atoms with Crippen molar-refractivity contribution >= 4 is 41.1 Å². The predicted octanol–water partition coefficient (Wildman–Crippen LogP) is 3.20. The molecule has 3 aromatic rings. The highest BCUT2D eigenvalue weighted by molar-refractivity contribution is 7.71. The van der Waals surface area contributed by atoms with Crippen LogP contribution in [-0.2, 0) is 11.3 Å². The number of amides is 2. The van der Waals surface area contributed by atoms with Gasteiger partial charge in [0.05, 0.1) is 4.88 Å². The number of anilines is 1. The van der Waals surface area contributed by atoms with E-state index in [0.717, 1.165) is 17.7 Å². The Hall–Kier alpha value is -2.78. The Morgan fingerprint density at radius 3 is 2.89 bits per heavy atom. The summed E-state index contributed by atoms with van der Waals surface area (Å²) in [5.41, 5.74) is 1.09. The van der Waals surface area contributed by atoms with E-state index in [-0.39, 0.29) is 24.4 Å². The average Bonchev–Trinajstić information content (AvgIpc) is 3.15. The second-order valence-electron chi connectivity index (χ2n) is 6.29. The molecule has 2 amide bonds. The number of carbonyl (C=O) groups excluding carboxylic acids is 2. The van der Waals surface area contributed by atoms with Crippen molar-refractivity contribution < 1.29 is 9.59 Å². The van der Waals surface area contributed by atoms with Crippen LogP contribution in [0, 0.1) is 4.77 Å². The van der Waals surface area contributed by atoms with Gasteiger partial charge in [0.1, 0.15) is 6.54 Å². The standard InChI is InChI=1S/C18H17N5O2S2/c24-15(10-23-16(21-22-18(23)26)14-5-2-8-27-14)19-13-4-1-3-11(9-13)17(25)20-12-6-7-12/h1-5,8-9,12H,6-7,10H2,(H,19,24)(H,20,25)(H,22,26). The highest BCUT2D eigenvalue weighted by Crippen LogP contribution is 2.23. The topological polar surface area (TPSA) is 91.8 Å². The Morgan fingerprint density at radius 2 is 2.15 bits per heavy atom.